The molecule has 7 heteroatoms. The lowest BCUT2D eigenvalue weighted by molar-refractivity contribution is 0.796. The third-order valence-electron chi connectivity index (χ3n) is 2.34. The summed E-state index contributed by atoms with van der Waals surface area (Å²) in [5.74, 6) is 0.370. The van der Waals surface area contributed by atoms with E-state index in [0.717, 1.165) is 11.3 Å². The Hall–Kier alpha value is -2.31. The molecule has 0 aliphatic heterocycles. The Labute approximate surface area is 91.8 Å². The van der Waals surface area contributed by atoms with Gasteiger partial charge in [-0.15, -0.1) is 5.10 Å². The van der Waals surface area contributed by atoms with E-state index < -0.39 is 0 Å². The van der Waals surface area contributed by atoms with Crippen molar-refractivity contribution >= 4 is 5.84 Å². The molecule has 16 heavy (non-hydrogen) atoms. The number of nitrogen functional groups attached to an aromatic ring is 1. The van der Waals surface area contributed by atoms with Crippen LogP contribution >= 0.6 is 0 Å². The Morgan fingerprint density at radius 3 is 2.69 bits per heavy atom. The lowest BCUT2D eigenvalue weighted by Gasteiger charge is -2.10. The summed E-state index contributed by atoms with van der Waals surface area (Å²) in [6.45, 7) is 3.67. The molecule has 82 valence electrons. The van der Waals surface area contributed by atoms with Gasteiger partial charge in [-0.3, -0.25) is 5.41 Å². The summed E-state index contributed by atoms with van der Waals surface area (Å²) in [6, 6.07) is 0. The zero-order valence-electron chi connectivity index (χ0n) is 8.97. The van der Waals surface area contributed by atoms with Crippen LogP contribution in [-0.2, 0) is 0 Å². The van der Waals surface area contributed by atoms with Crippen molar-refractivity contribution in [1.29, 1.82) is 5.41 Å². The van der Waals surface area contributed by atoms with Crippen molar-refractivity contribution in [3.05, 3.63) is 29.5 Å². The average Bonchev–Trinajstić information content (AvgIpc) is 2.74. The number of nitrogens with zero attached hydrogens (tertiary/aromatic N) is 5. The van der Waals surface area contributed by atoms with Gasteiger partial charge >= 0.3 is 0 Å². The van der Waals surface area contributed by atoms with Gasteiger partial charge in [0, 0.05) is 0 Å². The summed E-state index contributed by atoms with van der Waals surface area (Å²) in [5.41, 5.74) is 7.66. The van der Waals surface area contributed by atoms with Crippen LogP contribution < -0.4 is 5.73 Å². The van der Waals surface area contributed by atoms with E-state index in [0.29, 0.717) is 11.4 Å². The SMILES string of the molecule is Cc1nnc(-n2cncn2)c(C(=N)N)c1C. The van der Waals surface area contributed by atoms with Crippen LogP contribution in [0, 0.1) is 19.3 Å². The molecule has 2 rings (SSSR count). The quantitative estimate of drug-likeness (QED) is 0.542. The van der Waals surface area contributed by atoms with E-state index in [4.69, 9.17) is 11.1 Å². The number of aryl methyl sites for hydroxylation is 1. The fraction of sp³-hybridized carbons (Fsp3) is 0.222. The van der Waals surface area contributed by atoms with E-state index in [1.165, 1.54) is 17.3 Å². The van der Waals surface area contributed by atoms with Gasteiger partial charge in [0.25, 0.3) is 0 Å². The summed E-state index contributed by atoms with van der Waals surface area (Å²) < 4.78 is 1.44. The van der Waals surface area contributed by atoms with Crippen molar-refractivity contribution in [2.75, 3.05) is 0 Å². The van der Waals surface area contributed by atoms with E-state index in [1.807, 2.05) is 13.8 Å². The molecule has 0 unspecified atom stereocenters. The zero-order chi connectivity index (χ0) is 11.7. The molecule has 0 amide bonds. The lowest BCUT2D eigenvalue weighted by atomic mass is 10.1. The first-order chi connectivity index (χ1) is 7.61. The highest BCUT2D eigenvalue weighted by molar-refractivity contribution is 5.99. The molecule has 0 bridgehead atoms. The van der Waals surface area contributed by atoms with Crippen LogP contribution in [0.4, 0.5) is 0 Å². The molecule has 3 N–H and O–H groups in total. The van der Waals surface area contributed by atoms with Gasteiger partial charge in [-0.1, -0.05) is 0 Å². The number of hydrogen-bond donors (Lipinski definition) is 2. The maximum Gasteiger partial charge on any atom is 0.188 e. The maximum absolute atomic E-state index is 7.56. The van der Waals surface area contributed by atoms with Crippen LogP contribution in [0.15, 0.2) is 12.7 Å². The van der Waals surface area contributed by atoms with E-state index in [9.17, 15) is 0 Å². The average molecular weight is 217 g/mol. The van der Waals surface area contributed by atoms with Gasteiger partial charge in [0.1, 0.15) is 18.5 Å². The third kappa shape index (κ3) is 1.52. The van der Waals surface area contributed by atoms with Crippen LogP contribution in [0.1, 0.15) is 16.8 Å². The minimum Gasteiger partial charge on any atom is -0.384 e. The van der Waals surface area contributed by atoms with Crippen molar-refractivity contribution in [3.8, 4) is 5.82 Å². The lowest BCUT2D eigenvalue weighted by Crippen LogP contribution is -2.19. The van der Waals surface area contributed by atoms with Crippen molar-refractivity contribution in [2.24, 2.45) is 5.73 Å². The van der Waals surface area contributed by atoms with Gasteiger partial charge in [-0.05, 0) is 19.4 Å². The summed E-state index contributed by atoms with van der Waals surface area (Å²) >= 11 is 0. The Morgan fingerprint density at radius 1 is 1.38 bits per heavy atom. The van der Waals surface area contributed by atoms with Gasteiger partial charge < -0.3 is 5.73 Å². The molecular weight excluding hydrogens is 206 g/mol. The van der Waals surface area contributed by atoms with Crippen LogP contribution in [0.25, 0.3) is 5.82 Å². The van der Waals surface area contributed by atoms with E-state index >= 15 is 0 Å². The summed E-state index contributed by atoms with van der Waals surface area (Å²) in [5, 5.41) is 19.5. The molecule has 2 heterocycles. The fourth-order valence-electron chi connectivity index (χ4n) is 1.40. The van der Waals surface area contributed by atoms with E-state index in [2.05, 4.69) is 20.3 Å². The number of nitrogens with two attached hydrogens (primary N) is 1. The molecule has 0 aromatic carbocycles. The number of amidine groups is 1. The molecule has 7 nitrogen and oxygen atoms in total. The highest BCUT2D eigenvalue weighted by Gasteiger charge is 2.15. The van der Waals surface area contributed by atoms with Gasteiger partial charge in [0.05, 0.1) is 11.3 Å². The molecule has 0 radical (unpaired) electrons. The Bertz CT molecular complexity index is 529. The second-order valence-electron chi connectivity index (χ2n) is 3.36. The Morgan fingerprint density at radius 2 is 2.12 bits per heavy atom. The van der Waals surface area contributed by atoms with Gasteiger partial charge in [-0.25, -0.2) is 9.67 Å². The molecule has 2 aromatic rings. The maximum atomic E-state index is 7.56. The van der Waals surface area contributed by atoms with Crippen LogP contribution in [0.5, 0.6) is 0 Å². The second-order valence-corrected chi connectivity index (χ2v) is 3.36. The topological polar surface area (TPSA) is 106 Å². The summed E-state index contributed by atoms with van der Waals surface area (Å²) in [7, 11) is 0. The first kappa shape index (κ1) is 10.2. The standard InChI is InChI=1S/C9H11N7/c1-5-6(2)14-15-9(7(5)8(10)11)16-4-12-3-13-16/h3-4H,1-2H3,(H3,10,11). The fourth-order valence-corrected chi connectivity index (χ4v) is 1.40. The first-order valence-corrected chi connectivity index (χ1v) is 4.64. The predicted octanol–water partition coefficient (Wildman–Crippen LogP) is -0.0418. The number of hydrogen-bond acceptors (Lipinski definition) is 5. The smallest absolute Gasteiger partial charge is 0.188 e. The van der Waals surface area contributed by atoms with Gasteiger partial charge in [0.2, 0.25) is 0 Å². The molecule has 0 atom stereocenters. The minimum atomic E-state index is -0.0546. The first-order valence-electron chi connectivity index (χ1n) is 4.64. The largest absolute Gasteiger partial charge is 0.384 e. The monoisotopic (exact) mass is 217 g/mol. The van der Waals surface area contributed by atoms with Gasteiger partial charge in [-0.2, -0.15) is 10.2 Å². The molecule has 0 spiro atoms. The zero-order valence-corrected chi connectivity index (χ0v) is 8.97. The normalized spacial score (nSPS) is 10.4. The van der Waals surface area contributed by atoms with Crippen LogP contribution in [-0.4, -0.2) is 30.8 Å². The minimum absolute atomic E-state index is 0.0546. The van der Waals surface area contributed by atoms with Crippen molar-refractivity contribution in [3.63, 3.8) is 0 Å². The van der Waals surface area contributed by atoms with Crippen LogP contribution in [0.3, 0.4) is 0 Å². The van der Waals surface area contributed by atoms with E-state index in [1.54, 1.807) is 0 Å². The molecular formula is C9H11N7. The number of rotatable bonds is 2. The number of nitrogens with one attached hydrogen (secondary N) is 1. The van der Waals surface area contributed by atoms with E-state index in [-0.39, 0.29) is 5.84 Å². The molecule has 2 aromatic heterocycles. The highest BCUT2D eigenvalue weighted by Crippen LogP contribution is 2.15. The second kappa shape index (κ2) is 3.69. The van der Waals surface area contributed by atoms with Gasteiger partial charge in [0.15, 0.2) is 5.82 Å². The summed E-state index contributed by atoms with van der Waals surface area (Å²) in [4.78, 5) is 3.82. The molecule has 0 saturated carbocycles. The highest BCUT2D eigenvalue weighted by atomic mass is 15.4. The number of aromatic nitrogens is 5. The van der Waals surface area contributed by atoms with Crippen LogP contribution in [0.2, 0.25) is 0 Å². The Kier molecular flexibility index (Phi) is 2.35. The van der Waals surface area contributed by atoms with Crippen molar-refractivity contribution in [2.45, 2.75) is 13.8 Å². The Balaban J connectivity index is 2.71. The molecule has 0 aliphatic rings. The predicted molar refractivity (Wildman–Crippen MR) is 57.4 cm³/mol. The third-order valence-corrected chi connectivity index (χ3v) is 2.34. The summed E-state index contributed by atoms with van der Waals surface area (Å²) in [6.07, 6.45) is 2.88. The molecule has 0 aliphatic carbocycles. The van der Waals surface area contributed by atoms with Crippen molar-refractivity contribution < 1.29 is 0 Å². The molecule has 0 fully saturated rings. The van der Waals surface area contributed by atoms with Crippen molar-refractivity contribution in [1.82, 2.24) is 25.0 Å². The molecule has 0 saturated heterocycles.